The van der Waals surface area contributed by atoms with Crippen molar-refractivity contribution in [1.29, 1.82) is 0 Å². The molecule has 94 valence electrons. The van der Waals surface area contributed by atoms with Gasteiger partial charge in [-0.3, -0.25) is 0 Å². The van der Waals surface area contributed by atoms with E-state index in [0.717, 1.165) is 18.9 Å². The Balaban J connectivity index is 0.000000293. The Morgan fingerprint density at radius 2 is 2.06 bits per heavy atom. The normalized spacial score (nSPS) is 17.6. The molecule has 1 heterocycles. The van der Waals surface area contributed by atoms with E-state index in [-0.39, 0.29) is 0 Å². The van der Waals surface area contributed by atoms with Gasteiger partial charge >= 0.3 is 0 Å². The van der Waals surface area contributed by atoms with E-state index in [0.29, 0.717) is 0 Å². The van der Waals surface area contributed by atoms with E-state index >= 15 is 0 Å². The molecule has 2 nitrogen and oxygen atoms in total. The molecular weight excluding hydrogens is 196 g/mol. The van der Waals surface area contributed by atoms with Crippen molar-refractivity contribution in [3.63, 3.8) is 0 Å². The van der Waals surface area contributed by atoms with Crippen molar-refractivity contribution in [2.24, 2.45) is 11.7 Å². The zero-order valence-electron chi connectivity index (χ0n) is 11.0. The van der Waals surface area contributed by atoms with Crippen LogP contribution in [0, 0.1) is 5.92 Å². The number of piperidine rings is 1. The summed E-state index contributed by atoms with van der Waals surface area (Å²) in [5.41, 5.74) is 6.82. The maximum absolute atomic E-state index is 5.44. The first-order chi connectivity index (χ1) is 7.74. The molecule has 3 N–H and O–H groups in total. The van der Waals surface area contributed by atoms with Crippen LogP contribution in [0.15, 0.2) is 24.3 Å². The molecule has 1 fully saturated rings. The van der Waals surface area contributed by atoms with Crippen LogP contribution in [0.25, 0.3) is 0 Å². The highest BCUT2D eigenvalue weighted by Gasteiger charge is 2.10. The third kappa shape index (κ3) is 8.69. The van der Waals surface area contributed by atoms with Crippen LogP contribution in [0.3, 0.4) is 0 Å². The Morgan fingerprint density at radius 1 is 1.44 bits per heavy atom. The van der Waals surface area contributed by atoms with Gasteiger partial charge in [0, 0.05) is 0 Å². The van der Waals surface area contributed by atoms with E-state index in [9.17, 15) is 0 Å². The van der Waals surface area contributed by atoms with E-state index < -0.39 is 0 Å². The average Bonchev–Trinajstić information content (AvgIpc) is 2.32. The maximum Gasteiger partial charge on any atom is -0.00463 e. The molecular formula is C14H28N2. The van der Waals surface area contributed by atoms with Gasteiger partial charge < -0.3 is 11.1 Å². The van der Waals surface area contributed by atoms with Crippen molar-refractivity contribution in [1.82, 2.24) is 5.32 Å². The van der Waals surface area contributed by atoms with Gasteiger partial charge in [-0.2, -0.15) is 0 Å². The summed E-state index contributed by atoms with van der Waals surface area (Å²) in [7, 11) is 0. The number of hydrogen-bond acceptors (Lipinski definition) is 2. The lowest BCUT2D eigenvalue weighted by atomic mass is 9.95. The van der Waals surface area contributed by atoms with Crippen LogP contribution >= 0.6 is 0 Å². The minimum absolute atomic E-state index is 0.866. The summed E-state index contributed by atoms with van der Waals surface area (Å²) in [6.07, 6.45) is 8.86. The van der Waals surface area contributed by atoms with Gasteiger partial charge in [-0.15, -0.1) is 0 Å². The van der Waals surface area contributed by atoms with Gasteiger partial charge in [0.25, 0.3) is 0 Å². The van der Waals surface area contributed by atoms with E-state index in [1.54, 1.807) is 0 Å². The average molecular weight is 224 g/mol. The van der Waals surface area contributed by atoms with Gasteiger partial charge in [0.1, 0.15) is 0 Å². The number of nitrogens with one attached hydrogen (secondary N) is 1. The molecule has 0 spiro atoms. The summed E-state index contributed by atoms with van der Waals surface area (Å²) >= 11 is 0. The molecule has 0 aromatic carbocycles. The van der Waals surface area contributed by atoms with Crippen molar-refractivity contribution < 1.29 is 0 Å². The molecule has 1 saturated heterocycles. The third-order valence-corrected chi connectivity index (χ3v) is 2.99. The first-order valence-electron chi connectivity index (χ1n) is 6.43. The Morgan fingerprint density at radius 3 is 2.44 bits per heavy atom. The minimum Gasteiger partial charge on any atom is -0.330 e. The fraction of sp³-hybridized carbons (Fsp3) is 0.714. The predicted molar refractivity (Wildman–Crippen MR) is 73.5 cm³/mol. The van der Waals surface area contributed by atoms with Crippen molar-refractivity contribution in [2.75, 3.05) is 19.6 Å². The van der Waals surface area contributed by atoms with Gasteiger partial charge in [-0.25, -0.2) is 0 Å². The fourth-order valence-corrected chi connectivity index (χ4v) is 1.73. The molecule has 0 aromatic heterocycles. The molecule has 16 heavy (non-hydrogen) atoms. The molecule has 0 radical (unpaired) electrons. The quantitative estimate of drug-likeness (QED) is 0.721. The first-order valence-corrected chi connectivity index (χ1v) is 6.43. The monoisotopic (exact) mass is 224 g/mol. The predicted octanol–water partition coefficient (Wildman–Crippen LogP) is 2.86. The Labute approximate surface area is 101 Å². The second-order valence-electron chi connectivity index (χ2n) is 4.37. The number of hydrogen-bond donors (Lipinski definition) is 2. The molecule has 0 saturated carbocycles. The third-order valence-electron chi connectivity index (χ3n) is 2.99. The summed E-state index contributed by atoms with van der Waals surface area (Å²) in [4.78, 5) is 0. The minimum atomic E-state index is 0.866. The van der Waals surface area contributed by atoms with Crippen LogP contribution in [0.1, 0.15) is 39.5 Å². The Bertz CT molecular complexity index is 188. The lowest BCUT2D eigenvalue weighted by Gasteiger charge is -2.21. The molecule has 0 aromatic rings. The van der Waals surface area contributed by atoms with Crippen molar-refractivity contribution >= 4 is 0 Å². The molecule has 0 atom stereocenters. The van der Waals surface area contributed by atoms with Crippen LogP contribution in [0.5, 0.6) is 0 Å². The highest BCUT2D eigenvalue weighted by atomic mass is 14.9. The molecule has 0 bridgehead atoms. The SMILES string of the molecule is C=C/C=C(\C)CC.NCCC1CCNCC1. The zero-order valence-corrected chi connectivity index (χ0v) is 11.0. The molecule has 1 rings (SSSR count). The topological polar surface area (TPSA) is 38.0 Å². The number of nitrogens with two attached hydrogens (primary N) is 1. The summed E-state index contributed by atoms with van der Waals surface area (Å²) in [5, 5.41) is 3.33. The molecule has 1 aliphatic rings. The van der Waals surface area contributed by atoms with Gasteiger partial charge in [0.05, 0.1) is 0 Å². The van der Waals surface area contributed by atoms with Gasteiger partial charge in [-0.05, 0) is 58.2 Å². The lowest BCUT2D eigenvalue weighted by Crippen LogP contribution is -2.28. The van der Waals surface area contributed by atoms with Gasteiger partial charge in [-0.1, -0.05) is 31.2 Å². The van der Waals surface area contributed by atoms with Gasteiger partial charge in [0.15, 0.2) is 0 Å². The fourth-order valence-electron chi connectivity index (χ4n) is 1.73. The first kappa shape index (κ1) is 15.4. The lowest BCUT2D eigenvalue weighted by molar-refractivity contribution is 0.358. The van der Waals surface area contributed by atoms with E-state index in [4.69, 9.17) is 5.73 Å². The molecule has 2 heteroatoms. The maximum atomic E-state index is 5.44. The molecule has 0 amide bonds. The summed E-state index contributed by atoms with van der Waals surface area (Å²) in [5.74, 6) is 0.913. The van der Waals surface area contributed by atoms with Crippen LogP contribution in [-0.2, 0) is 0 Å². The highest BCUT2D eigenvalue weighted by Crippen LogP contribution is 2.13. The van der Waals surface area contributed by atoms with E-state index in [1.165, 1.54) is 37.9 Å². The highest BCUT2D eigenvalue weighted by molar-refractivity contribution is 5.06. The van der Waals surface area contributed by atoms with E-state index in [2.05, 4.69) is 25.7 Å². The number of allylic oxidation sites excluding steroid dienone is 3. The summed E-state index contributed by atoms with van der Waals surface area (Å²) < 4.78 is 0. The molecule has 0 aliphatic carbocycles. The molecule has 0 unspecified atom stereocenters. The van der Waals surface area contributed by atoms with Crippen molar-refractivity contribution in [3.8, 4) is 0 Å². The van der Waals surface area contributed by atoms with Crippen LogP contribution < -0.4 is 11.1 Å². The van der Waals surface area contributed by atoms with Crippen LogP contribution in [0.2, 0.25) is 0 Å². The van der Waals surface area contributed by atoms with Crippen LogP contribution in [-0.4, -0.2) is 19.6 Å². The molecule has 1 aliphatic heterocycles. The standard InChI is InChI=1S/C7H16N2.C7H12/c8-4-1-7-2-5-9-6-3-7;1-4-6-7(3)5-2/h7,9H,1-6,8H2;4,6H,1,5H2,2-3H3/b;7-6+. The van der Waals surface area contributed by atoms with Crippen molar-refractivity contribution in [3.05, 3.63) is 24.3 Å². The van der Waals surface area contributed by atoms with Crippen LogP contribution in [0.4, 0.5) is 0 Å². The Hall–Kier alpha value is -0.600. The van der Waals surface area contributed by atoms with Gasteiger partial charge in [0.2, 0.25) is 0 Å². The zero-order chi connectivity index (χ0) is 12.2. The Kier molecular flexibility index (Phi) is 10.5. The largest absolute Gasteiger partial charge is 0.330 e. The van der Waals surface area contributed by atoms with E-state index in [1.807, 2.05) is 12.2 Å². The smallest absolute Gasteiger partial charge is 0.00463 e. The second-order valence-corrected chi connectivity index (χ2v) is 4.37. The summed E-state index contributed by atoms with van der Waals surface area (Å²) in [6.45, 7) is 11.1. The van der Waals surface area contributed by atoms with Crippen molar-refractivity contribution in [2.45, 2.75) is 39.5 Å². The number of rotatable bonds is 4. The summed E-state index contributed by atoms with van der Waals surface area (Å²) in [6, 6.07) is 0. The second kappa shape index (κ2) is 10.9.